The van der Waals surface area contributed by atoms with Gasteiger partial charge >= 0.3 is 6.01 Å². The fourth-order valence-electron chi connectivity index (χ4n) is 1.01. The lowest BCUT2D eigenvalue weighted by Gasteiger charge is -2.11. The number of aryl methyl sites for hydroxylation is 1. The smallest absolute Gasteiger partial charge is 0.318 e. The monoisotopic (exact) mass is 216 g/mol. The van der Waals surface area contributed by atoms with Crippen molar-refractivity contribution in [1.29, 1.82) is 0 Å². The van der Waals surface area contributed by atoms with Gasteiger partial charge in [-0.1, -0.05) is 11.6 Å². The fourth-order valence-corrected chi connectivity index (χ4v) is 1.24. The molecule has 0 bridgehead atoms. The number of aromatic nitrogens is 2. The zero-order valence-corrected chi connectivity index (χ0v) is 9.21. The molecule has 0 saturated carbocycles. The summed E-state index contributed by atoms with van der Waals surface area (Å²) < 4.78 is 10.3. The van der Waals surface area contributed by atoms with E-state index in [1.807, 2.05) is 13.8 Å². The van der Waals surface area contributed by atoms with Crippen LogP contribution in [0.15, 0.2) is 6.07 Å². The van der Waals surface area contributed by atoms with Gasteiger partial charge in [-0.25, -0.2) is 4.98 Å². The van der Waals surface area contributed by atoms with E-state index in [-0.39, 0.29) is 6.10 Å². The van der Waals surface area contributed by atoms with Gasteiger partial charge in [0.25, 0.3) is 0 Å². The highest BCUT2D eigenvalue weighted by Crippen LogP contribution is 2.12. The van der Waals surface area contributed by atoms with Crippen molar-refractivity contribution in [2.45, 2.75) is 20.0 Å². The van der Waals surface area contributed by atoms with Gasteiger partial charge in [0.05, 0.1) is 6.61 Å². The number of methoxy groups -OCH3 is 1. The molecular formula is C9H13ClN2O2. The van der Waals surface area contributed by atoms with Crippen molar-refractivity contribution in [3.63, 3.8) is 0 Å². The molecule has 1 rings (SSSR count). The molecule has 1 aromatic rings. The van der Waals surface area contributed by atoms with Gasteiger partial charge in [-0.05, 0) is 19.9 Å². The Morgan fingerprint density at radius 3 is 2.79 bits per heavy atom. The van der Waals surface area contributed by atoms with Crippen LogP contribution >= 0.6 is 11.6 Å². The molecule has 14 heavy (non-hydrogen) atoms. The first kappa shape index (κ1) is 11.2. The van der Waals surface area contributed by atoms with Crippen molar-refractivity contribution < 1.29 is 9.47 Å². The Morgan fingerprint density at radius 1 is 1.50 bits per heavy atom. The molecular weight excluding hydrogens is 204 g/mol. The maximum Gasteiger partial charge on any atom is 0.318 e. The first-order valence-corrected chi connectivity index (χ1v) is 4.66. The summed E-state index contributed by atoms with van der Waals surface area (Å²) in [6, 6.07) is 1.97. The van der Waals surface area contributed by atoms with E-state index in [1.54, 1.807) is 13.2 Å². The standard InChI is InChI=1S/C9H13ClN2O2/c1-6-4-8(10)12-9(11-6)14-7(2)5-13-3/h4,7H,5H2,1-3H3. The van der Waals surface area contributed by atoms with Gasteiger partial charge in [-0.15, -0.1) is 0 Å². The van der Waals surface area contributed by atoms with Crippen molar-refractivity contribution in [1.82, 2.24) is 9.97 Å². The SMILES string of the molecule is COCC(C)Oc1nc(C)cc(Cl)n1. The van der Waals surface area contributed by atoms with Crippen LogP contribution in [0.5, 0.6) is 6.01 Å². The van der Waals surface area contributed by atoms with Crippen LogP contribution in [0.4, 0.5) is 0 Å². The average molecular weight is 217 g/mol. The summed E-state index contributed by atoms with van der Waals surface area (Å²) in [5.41, 5.74) is 0.782. The van der Waals surface area contributed by atoms with Crippen molar-refractivity contribution in [3.8, 4) is 6.01 Å². The molecule has 1 unspecified atom stereocenters. The number of nitrogens with zero attached hydrogens (tertiary/aromatic N) is 2. The fraction of sp³-hybridized carbons (Fsp3) is 0.556. The largest absolute Gasteiger partial charge is 0.458 e. The van der Waals surface area contributed by atoms with Crippen LogP contribution in [0.2, 0.25) is 5.15 Å². The molecule has 0 fully saturated rings. The minimum absolute atomic E-state index is 0.0853. The normalized spacial score (nSPS) is 12.6. The number of ether oxygens (including phenoxy) is 2. The molecule has 0 amide bonds. The summed E-state index contributed by atoms with van der Waals surface area (Å²) in [7, 11) is 1.62. The van der Waals surface area contributed by atoms with Crippen LogP contribution in [-0.4, -0.2) is 29.8 Å². The zero-order valence-electron chi connectivity index (χ0n) is 8.45. The maximum atomic E-state index is 5.75. The van der Waals surface area contributed by atoms with Gasteiger partial charge in [-0.2, -0.15) is 4.98 Å². The van der Waals surface area contributed by atoms with Gasteiger partial charge in [0.2, 0.25) is 0 Å². The molecule has 78 valence electrons. The first-order valence-electron chi connectivity index (χ1n) is 4.28. The van der Waals surface area contributed by atoms with E-state index in [2.05, 4.69) is 9.97 Å². The van der Waals surface area contributed by atoms with Crippen LogP contribution in [0.1, 0.15) is 12.6 Å². The lowest BCUT2D eigenvalue weighted by Crippen LogP contribution is -2.19. The number of halogens is 1. The van der Waals surface area contributed by atoms with Crippen LogP contribution in [-0.2, 0) is 4.74 Å². The van der Waals surface area contributed by atoms with Crippen LogP contribution in [0.3, 0.4) is 0 Å². The zero-order chi connectivity index (χ0) is 10.6. The lowest BCUT2D eigenvalue weighted by molar-refractivity contribution is 0.0854. The summed E-state index contributed by atoms with van der Waals surface area (Å²) in [5.74, 6) is 0. The molecule has 0 aliphatic heterocycles. The summed E-state index contributed by atoms with van der Waals surface area (Å²) in [4.78, 5) is 8.02. The highest BCUT2D eigenvalue weighted by molar-refractivity contribution is 6.29. The van der Waals surface area contributed by atoms with E-state index in [9.17, 15) is 0 Å². The Kier molecular flexibility index (Phi) is 4.10. The first-order chi connectivity index (χ1) is 6.61. The summed E-state index contributed by atoms with van der Waals surface area (Å²) in [6.07, 6.45) is -0.0853. The number of hydrogen-bond donors (Lipinski definition) is 0. The molecule has 5 heteroatoms. The second kappa shape index (κ2) is 5.12. The number of hydrogen-bond acceptors (Lipinski definition) is 4. The van der Waals surface area contributed by atoms with Crippen LogP contribution < -0.4 is 4.74 Å². The Bertz CT molecular complexity index is 287. The molecule has 0 aliphatic rings. The number of rotatable bonds is 4. The lowest BCUT2D eigenvalue weighted by atomic mass is 10.4. The molecule has 0 radical (unpaired) electrons. The minimum atomic E-state index is -0.0853. The van der Waals surface area contributed by atoms with Crippen molar-refractivity contribution in [2.75, 3.05) is 13.7 Å². The van der Waals surface area contributed by atoms with Gasteiger partial charge in [0.1, 0.15) is 11.3 Å². The molecule has 0 aromatic carbocycles. The minimum Gasteiger partial charge on any atom is -0.458 e. The van der Waals surface area contributed by atoms with Gasteiger partial charge in [0.15, 0.2) is 0 Å². The van der Waals surface area contributed by atoms with Crippen molar-refractivity contribution in [3.05, 3.63) is 16.9 Å². The molecule has 0 spiro atoms. The highest BCUT2D eigenvalue weighted by Gasteiger charge is 2.07. The third-order valence-corrected chi connectivity index (χ3v) is 1.70. The van der Waals surface area contributed by atoms with E-state index in [4.69, 9.17) is 21.1 Å². The summed E-state index contributed by atoms with van der Waals surface area (Å²) in [6.45, 7) is 4.21. The van der Waals surface area contributed by atoms with E-state index in [0.717, 1.165) is 5.69 Å². The Morgan fingerprint density at radius 2 is 2.21 bits per heavy atom. The van der Waals surface area contributed by atoms with Crippen LogP contribution in [0, 0.1) is 6.92 Å². The summed E-state index contributed by atoms with van der Waals surface area (Å²) >= 11 is 5.75. The molecule has 1 aromatic heterocycles. The van der Waals surface area contributed by atoms with Crippen LogP contribution in [0.25, 0.3) is 0 Å². The molecule has 0 saturated heterocycles. The van der Waals surface area contributed by atoms with E-state index < -0.39 is 0 Å². The Hall–Kier alpha value is -0.870. The Balaban J connectivity index is 2.66. The molecule has 0 aliphatic carbocycles. The topological polar surface area (TPSA) is 44.2 Å². The molecule has 0 N–H and O–H groups in total. The third-order valence-electron chi connectivity index (χ3n) is 1.51. The predicted octanol–water partition coefficient (Wildman–Crippen LogP) is 1.85. The van der Waals surface area contributed by atoms with Gasteiger partial charge in [0, 0.05) is 12.8 Å². The van der Waals surface area contributed by atoms with Gasteiger partial charge < -0.3 is 9.47 Å². The average Bonchev–Trinajstić information content (AvgIpc) is 2.01. The van der Waals surface area contributed by atoms with Gasteiger partial charge in [-0.3, -0.25) is 0 Å². The third kappa shape index (κ3) is 3.47. The van der Waals surface area contributed by atoms with E-state index in [1.165, 1.54) is 0 Å². The quantitative estimate of drug-likeness (QED) is 0.721. The van der Waals surface area contributed by atoms with Crippen molar-refractivity contribution in [2.24, 2.45) is 0 Å². The maximum absolute atomic E-state index is 5.75. The van der Waals surface area contributed by atoms with Crippen molar-refractivity contribution >= 4 is 11.6 Å². The van der Waals surface area contributed by atoms with E-state index in [0.29, 0.717) is 17.8 Å². The molecule has 4 nitrogen and oxygen atoms in total. The summed E-state index contributed by atoms with van der Waals surface area (Å²) in [5, 5.41) is 0.386. The second-order valence-corrected chi connectivity index (χ2v) is 3.39. The molecule has 1 atom stereocenters. The molecule has 1 heterocycles. The Labute approximate surface area is 88.2 Å². The van der Waals surface area contributed by atoms with E-state index >= 15 is 0 Å². The highest BCUT2D eigenvalue weighted by atomic mass is 35.5. The second-order valence-electron chi connectivity index (χ2n) is 3.00. The predicted molar refractivity (Wildman–Crippen MR) is 53.7 cm³/mol.